The van der Waals surface area contributed by atoms with Crippen molar-refractivity contribution in [3.63, 3.8) is 0 Å². The lowest BCUT2D eigenvalue weighted by molar-refractivity contribution is -0.126. The van der Waals surface area contributed by atoms with Crippen LogP contribution in [0.3, 0.4) is 0 Å². The van der Waals surface area contributed by atoms with Crippen LogP contribution in [0, 0.1) is 0 Å². The summed E-state index contributed by atoms with van der Waals surface area (Å²) in [6.07, 6.45) is 1.15. The van der Waals surface area contributed by atoms with Crippen molar-refractivity contribution in [3.8, 4) is 0 Å². The number of cyclic esters (lactones) is 1. The van der Waals surface area contributed by atoms with Gasteiger partial charge in [0.15, 0.2) is 12.1 Å². The molecule has 4 rings (SSSR count). The van der Waals surface area contributed by atoms with E-state index in [-0.39, 0.29) is 24.9 Å². The van der Waals surface area contributed by atoms with Crippen LogP contribution in [0.15, 0.2) is 71.3 Å². The summed E-state index contributed by atoms with van der Waals surface area (Å²) in [5.74, 6) is 0.0882. The summed E-state index contributed by atoms with van der Waals surface area (Å²) in [7, 11) is 0. The number of anilines is 1. The number of carbonyl (C=O) groups excluding carboxylic acids is 3. The normalized spacial score (nSPS) is 17.2. The molecule has 182 valence electrons. The number of hydrogen-bond donors (Lipinski definition) is 2. The number of rotatable bonds is 9. The van der Waals surface area contributed by atoms with Gasteiger partial charge in [0, 0.05) is 17.1 Å². The highest BCUT2D eigenvalue weighted by molar-refractivity contribution is 6.30. The van der Waals surface area contributed by atoms with E-state index in [1.54, 1.807) is 54.6 Å². The van der Waals surface area contributed by atoms with Gasteiger partial charge in [0.25, 0.3) is 0 Å². The Morgan fingerprint density at radius 2 is 1.91 bits per heavy atom. The van der Waals surface area contributed by atoms with E-state index in [2.05, 4.69) is 10.6 Å². The van der Waals surface area contributed by atoms with Crippen molar-refractivity contribution in [2.75, 3.05) is 5.32 Å². The Morgan fingerprint density at radius 3 is 2.66 bits per heavy atom. The maximum absolute atomic E-state index is 13.4. The molecular weight excluding hydrogens is 470 g/mol. The van der Waals surface area contributed by atoms with Gasteiger partial charge in [0.1, 0.15) is 5.76 Å². The summed E-state index contributed by atoms with van der Waals surface area (Å²) in [4.78, 5) is 39.8. The molecule has 0 spiro atoms. The van der Waals surface area contributed by atoms with E-state index in [0.29, 0.717) is 28.5 Å². The van der Waals surface area contributed by atoms with Crippen LogP contribution in [0.1, 0.15) is 42.8 Å². The van der Waals surface area contributed by atoms with Crippen molar-refractivity contribution in [3.05, 3.63) is 88.8 Å². The lowest BCUT2D eigenvalue weighted by atomic mass is 10.00. The summed E-state index contributed by atoms with van der Waals surface area (Å²) >= 11 is 6.12. The summed E-state index contributed by atoms with van der Waals surface area (Å²) in [6, 6.07) is 16.6. The number of ether oxygens (including phenoxy) is 1. The number of carbonyl (C=O) groups is 3. The molecule has 2 aromatic carbocycles. The fraction of sp³-hybridized carbons (Fsp3) is 0.269. The van der Waals surface area contributed by atoms with Gasteiger partial charge in [0.05, 0.1) is 19.4 Å². The SMILES string of the molecule is CCCC(=O)Nc1cccc(C2OC(=O)N(Cc3cccc(Cl)c3)C2C(=O)NCc2ccco2)c1. The Kier molecular flexibility index (Phi) is 7.72. The monoisotopic (exact) mass is 495 g/mol. The number of amides is 3. The van der Waals surface area contributed by atoms with Crippen LogP contribution in [0.25, 0.3) is 0 Å². The summed E-state index contributed by atoms with van der Waals surface area (Å²) < 4.78 is 11.0. The number of furan rings is 1. The van der Waals surface area contributed by atoms with Gasteiger partial charge in [-0.15, -0.1) is 0 Å². The van der Waals surface area contributed by atoms with Crippen LogP contribution >= 0.6 is 11.6 Å². The minimum Gasteiger partial charge on any atom is -0.467 e. The molecule has 3 aromatic rings. The zero-order valence-corrected chi connectivity index (χ0v) is 20.0. The molecule has 8 nitrogen and oxygen atoms in total. The minimum absolute atomic E-state index is 0.108. The topological polar surface area (TPSA) is 101 Å². The fourth-order valence-corrected chi connectivity index (χ4v) is 4.19. The third-order valence-electron chi connectivity index (χ3n) is 5.59. The molecule has 1 fully saturated rings. The van der Waals surface area contributed by atoms with E-state index >= 15 is 0 Å². The maximum Gasteiger partial charge on any atom is 0.411 e. The third-order valence-corrected chi connectivity index (χ3v) is 5.82. The third kappa shape index (κ3) is 6.02. The highest BCUT2D eigenvalue weighted by atomic mass is 35.5. The Labute approximate surface area is 208 Å². The van der Waals surface area contributed by atoms with Crippen LogP contribution < -0.4 is 10.6 Å². The molecule has 0 aliphatic carbocycles. The second kappa shape index (κ2) is 11.1. The van der Waals surface area contributed by atoms with E-state index in [0.717, 1.165) is 12.0 Å². The van der Waals surface area contributed by atoms with E-state index in [4.69, 9.17) is 20.8 Å². The van der Waals surface area contributed by atoms with Crippen LogP contribution in [-0.4, -0.2) is 28.8 Å². The lowest BCUT2D eigenvalue weighted by Gasteiger charge is -2.24. The maximum atomic E-state index is 13.4. The van der Waals surface area contributed by atoms with Crippen molar-refractivity contribution in [2.45, 2.75) is 45.0 Å². The molecule has 0 radical (unpaired) electrons. The van der Waals surface area contributed by atoms with E-state index in [1.165, 1.54) is 11.2 Å². The van der Waals surface area contributed by atoms with Crippen molar-refractivity contribution >= 4 is 35.2 Å². The number of halogens is 1. The van der Waals surface area contributed by atoms with Crippen LogP contribution in [0.4, 0.5) is 10.5 Å². The average molecular weight is 496 g/mol. The molecule has 1 saturated heterocycles. The first-order chi connectivity index (χ1) is 16.9. The van der Waals surface area contributed by atoms with Gasteiger partial charge in [-0.3, -0.25) is 14.5 Å². The standard InChI is InChI=1S/C26H26ClN3O5/c1-2-6-22(31)29-20-10-4-8-18(14-20)24-23(25(32)28-15-21-11-5-12-34-21)30(26(33)35-24)16-17-7-3-9-19(27)13-17/h3-5,7-14,23-24H,2,6,15-16H2,1H3,(H,28,32)(H,29,31). The molecule has 2 heterocycles. The summed E-state index contributed by atoms with van der Waals surface area (Å²) in [5.41, 5.74) is 1.93. The van der Waals surface area contributed by atoms with Gasteiger partial charge in [-0.25, -0.2) is 4.79 Å². The Balaban J connectivity index is 1.61. The lowest BCUT2D eigenvalue weighted by Crippen LogP contribution is -2.46. The first-order valence-electron chi connectivity index (χ1n) is 11.4. The minimum atomic E-state index is -0.946. The number of benzene rings is 2. The summed E-state index contributed by atoms with van der Waals surface area (Å²) in [6.45, 7) is 2.23. The van der Waals surface area contributed by atoms with Crippen molar-refractivity contribution in [1.82, 2.24) is 10.2 Å². The average Bonchev–Trinajstić information content (AvgIpc) is 3.46. The second-order valence-corrected chi connectivity index (χ2v) is 8.66. The van der Waals surface area contributed by atoms with Crippen LogP contribution in [0.2, 0.25) is 5.02 Å². The first-order valence-corrected chi connectivity index (χ1v) is 11.7. The van der Waals surface area contributed by atoms with Gasteiger partial charge in [-0.1, -0.05) is 42.8 Å². The predicted octanol–water partition coefficient (Wildman–Crippen LogP) is 5.05. The molecule has 1 aliphatic heterocycles. The summed E-state index contributed by atoms with van der Waals surface area (Å²) in [5, 5.41) is 6.21. The molecule has 2 unspecified atom stereocenters. The van der Waals surface area contributed by atoms with E-state index in [9.17, 15) is 14.4 Å². The number of nitrogens with one attached hydrogen (secondary N) is 2. The van der Waals surface area contributed by atoms with E-state index < -0.39 is 18.2 Å². The quantitative estimate of drug-likeness (QED) is 0.432. The highest BCUT2D eigenvalue weighted by Gasteiger charge is 2.47. The van der Waals surface area contributed by atoms with Gasteiger partial charge < -0.3 is 19.8 Å². The molecule has 3 amide bonds. The molecule has 0 saturated carbocycles. The Hall–Kier alpha value is -3.78. The van der Waals surface area contributed by atoms with E-state index in [1.807, 2.05) is 13.0 Å². The fourth-order valence-electron chi connectivity index (χ4n) is 3.98. The predicted molar refractivity (Wildman–Crippen MR) is 131 cm³/mol. The zero-order valence-electron chi connectivity index (χ0n) is 19.2. The number of hydrogen-bond acceptors (Lipinski definition) is 5. The number of nitrogens with zero attached hydrogens (tertiary/aromatic N) is 1. The molecule has 2 atom stereocenters. The Bertz CT molecular complexity index is 1200. The van der Waals surface area contributed by atoms with Crippen LogP contribution in [0.5, 0.6) is 0 Å². The zero-order chi connectivity index (χ0) is 24.8. The molecule has 0 bridgehead atoms. The van der Waals surface area contributed by atoms with Crippen molar-refractivity contribution in [1.29, 1.82) is 0 Å². The largest absolute Gasteiger partial charge is 0.467 e. The second-order valence-electron chi connectivity index (χ2n) is 8.23. The van der Waals surface area contributed by atoms with Gasteiger partial charge in [0.2, 0.25) is 11.8 Å². The molecule has 35 heavy (non-hydrogen) atoms. The van der Waals surface area contributed by atoms with Crippen molar-refractivity contribution < 1.29 is 23.5 Å². The Morgan fingerprint density at radius 1 is 1.09 bits per heavy atom. The smallest absolute Gasteiger partial charge is 0.411 e. The highest BCUT2D eigenvalue weighted by Crippen LogP contribution is 2.35. The van der Waals surface area contributed by atoms with Gasteiger partial charge in [-0.05, 0) is 53.9 Å². The van der Waals surface area contributed by atoms with Gasteiger partial charge in [-0.2, -0.15) is 0 Å². The van der Waals surface area contributed by atoms with Gasteiger partial charge >= 0.3 is 6.09 Å². The molecular formula is C26H26ClN3O5. The van der Waals surface area contributed by atoms with Crippen LogP contribution in [-0.2, 0) is 27.4 Å². The molecule has 2 N–H and O–H groups in total. The molecule has 1 aliphatic rings. The molecule has 9 heteroatoms. The van der Waals surface area contributed by atoms with Crippen molar-refractivity contribution in [2.24, 2.45) is 0 Å². The first kappa shape index (κ1) is 24.3. The molecule has 1 aromatic heterocycles.